The molecule has 0 bridgehead atoms. The zero-order valence-electron chi connectivity index (χ0n) is 11.8. The van der Waals surface area contributed by atoms with Crippen molar-refractivity contribution in [3.8, 4) is 0 Å². The third kappa shape index (κ3) is 6.23. The van der Waals surface area contributed by atoms with Crippen molar-refractivity contribution in [2.45, 2.75) is 49.9 Å². The molecule has 96 valence electrons. The van der Waals surface area contributed by atoms with Gasteiger partial charge in [-0.2, -0.15) is 5.10 Å². The monoisotopic (exact) mass is 354 g/mol. The third-order valence-corrected chi connectivity index (χ3v) is 11.0. The van der Waals surface area contributed by atoms with Crippen LogP contribution < -0.4 is 0 Å². The van der Waals surface area contributed by atoms with Crippen LogP contribution in [0.2, 0.25) is 19.6 Å². The van der Waals surface area contributed by atoms with Crippen LogP contribution in [0.15, 0.2) is 5.10 Å². The Bertz CT molecular complexity index is 234. The molecule has 2 unspecified atom stereocenters. The lowest BCUT2D eigenvalue weighted by Crippen LogP contribution is -2.35. The Kier molecular flexibility index (Phi) is 7.17. The molecular weight excluding hydrogens is 327 g/mol. The van der Waals surface area contributed by atoms with Crippen LogP contribution in [0.25, 0.3) is 0 Å². The predicted molar refractivity (Wildman–Crippen MR) is 86.3 cm³/mol. The SMILES string of the molecule is CC/C(=N/N(C)C)C(C)CC(I)[Si](C)(C)C. The highest BCUT2D eigenvalue weighted by Crippen LogP contribution is 2.25. The largest absolute Gasteiger partial charge is 0.303 e. The maximum absolute atomic E-state index is 4.59. The molecule has 2 atom stereocenters. The zero-order chi connectivity index (χ0) is 12.9. The molecule has 0 aromatic heterocycles. The van der Waals surface area contributed by atoms with Crippen LogP contribution in [-0.2, 0) is 0 Å². The van der Waals surface area contributed by atoms with Gasteiger partial charge in [0.2, 0.25) is 0 Å². The minimum atomic E-state index is -1.00. The Hall–Kier alpha value is 0.417. The normalized spacial score (nSPS) is 17.1. The fourth-order valence-electron chi connectivity index (χ4n) is 1.57. The van der Waals surface area contributed by atoms with Crippen molar-refractivity contribution in [3.05, 3.63) is 0 Å². The lowest BCUT2D eigenvalue weighted by atomic mass is 10.0. The molecule has 0 fully saturated rings. The maximum atomic E-state index is 4.59. The van der Waals surface area contributed by atoms with Crippen molar-refractivity contribution >= 4 is 36.4 Å². The minimum absolute atomic E-state index is 0.612. The van der Waals surface area contributed by atoms with Gasteiger partial charge in [-0.1, -0.05) is 56.1 Å². The molecule has 0 saturated carbocycles. The van der Waals surface area contributed by atoms with E-state index in [-0.39, 0.29) is 0 Å². The fourth-order valence-corrected chi connectivity index (χ4v) is 3.40. The quantitative estimate of drug-likeness (QED) is 0.231. The molecule has 0 aromatic rings. The van der Waals surface area contributed by atoms with Crippen LogP contribution in [0.5, 0.6) is 0 Å². The third-order valence-electron chi connectivity index (χ3n) is 2.76. The average Bonchev–Trinajstić information content (AvgIpc) is 2.11. The summed E-state index contributed by atoms with van der Waals surface area (Å²) in [6.45, 7) is 11.9. The van der Waals surface area contributed by atoms with Gasteiger partial charge in [-0.25, -0.2) is 0 Å². The van der Waals surface area contributed by atoms with Gasteiger partial charge in [0.05, 0.1) is 8.07 Å². The molecule has 0 heterocycles. The topological polar surface area (TPSA) is 15.6 Å². The van der Waals surface area contributed by atoms with Crippen molar-refractivity contribution in [2.75, 3.05) is 14.1 Å². The summed E-state index contributed by atoms with van der Waals surface area (Å²) >= 11 is 2.64. The molecule has 0 aliphatic rings. The number of hydrazone groups is 1. The van der Waals surface area contributed by atoms with E-state index in [1.54, 1.807) is 0 Å². The Labute approximate surface area is 116 Å². The molecule has 2 nitrogen and oxygen atoms in total. The van der Waals surface area contributed by atoms with E-state index in [1.807, 2.05) is 19.1 Å². The lowest BCUT2D eigenvalue weighted by Gasteiger charge is -2.27. The number of hydrogen-bond donors (Lipinski definition) is 0. The number of halogens is 1. The van der Waals surface area contributed by atoms with Crippen molar-refractivity contribution < 1.29 is 0 Å². The second kappa shape index (κ2) is 6.99. The van der Waals surface area contributed by atoms with E-state index in [2.05, 4.69) is 61.2 Å². The van der Waals surface area contributed by atoms with Crippen LogP contribution in [0.1, 0.15) is 26.7 Å². The highest BCUT2D eigenvalue weighted by Gasteiger charge is 2.26. The van der Waals surface area contributed by atoms with Gasteiger partial charge in [0.1, 0.15) is 0 Å². The van der Waals surface area contributed by atoms with E-state index in [0.29, 0.717) is 5.92 Å². The van der Waals surface area contributed by atoms with Gasteiger partial charge in [-0.3, -0.25) is 0 Å². The number of rotatable bonds is 6. The summed E-state index contributed by atoms with van der Waals surface area (Å²) in [6.07, 6.45) is 2.34. The van der Waals surface area contributed by atoms with E-state index in [4.69, 9.17) is 0 Å². The van der Waals surface area contributed by atoms with Crippen LogP contribution in [0.4, 0.5) is 0 Å². The lowest BCUT2D eigenvalue weighted by molar-refractivity contribution is 0.430. The van der Waals surface area contributed by atoms with Gasteiger partial charge in [0.15, 0.2) is 0 Å². The molecule has 0 radical (unpaired) electrons. The first kappa shape index (κ1) is 16.4. The first-order valence-corrected chi connectivity index (χ1v) is 10.9. The predicted octanol–water partition coefficient (Wildman–Crippen LogP) is 4.02. The van der Waals surface area contributed by atoms with Gasteiger partial charge in [0, 0.05) is 23.4 Å². The van der Waals surface area contributed by atoms with E-state index < -0.39 is 8.07 Å². The number of nitrogens with zero attached hydrogens (tertiary/aromatic N) is 2. The molecule has 0 N–H and O–H groups in total. The van der Waals surface area contributed by atoms with E-state index in [1.165, 1.54) is 12.1 Å². The van der Waals surface area contributed by atoms with Gasteiger partial charge in [-0.05, 0) is 18.8 Å². The summed E-state index contributed by atoms with van der Waals surface area (Å²) in [5.74, 6) is 0.612. The highest BCUT2D eigenvalue weighted by atomic mass is 127. The molecule has 0 aliphatic heterocycles. The summed E-state index contributed by atoms with van der Waals surface area (Å²) in [4.78, 5) is 0. The van der Waals surface area contributed by atoms with Gasteiger partial charge >= 0.3 is 0 Å². The molecule has 0 saturated heterocycles. The highest BCUT2D eigenvalue weighted by molar-refractivity contribution is 14.1. The second-order valence-corrected chi connectivity index (χ2v) is 13.9. The van der Waals surface area contributed by atoms with Crippen LogP contribution >= 0.6 is 22.6 Å². The van der Waals surface area contributed by atoms with E-state index in [0.717, 1.165) is 9.97 Å². The molecule has 0 rings (SSSR count). The molecule has 0 amide bonds. The Morgan fingerprint density at radius 2 is 1.81 bits per heavy atom. The van der Waals surface area contributed by atoms with E-state index >= 15 is 0 Å². The summed E-state index contributed by atoms with van der Waals surface area (Å²) < 4.78 is 0.832. The maximum Gasteiger partial charge on any atom is 0.0585 e. The van der Waals surface area contributed by atoms with Gasteiger partial charge in [0.25, 0.3) is 0 Å². The minimum Gasteiger partial charge on any atom is -0.303 e. The molecule has 0 spiro atoms. The summed E-state index contributed by atoms with van der Waals surface area (Å²) in [7, 11) is 3.00. The fraction of sp³-hybridized carbons (Fsp3) is 0.917. The molecule has 16 heavy (non-hydrogen) atoms. The van der Waals surface area contributed by atoms with Crippen LogP contribution in [-0.4, -0.2) is 36.4 Å². The van der Waals surface area contributed by atoms with Crippen molar-refractivity contribution in [3.63, 3.8) is 0 Å². The number of hydrogen-bond acceptors (Lipinski definition) is 2. The Morgan fingerprint density at radius 1 is 1.31 bits per heavy atom. The van der Waals surface area contributed by atoms with Crippen molar-refractivity contribution in [1.82, 2.24) is 5.01 Å². The first-order chi connectivity index (χ1) is 7.18. The summed E-state index contributed by atoms with van der Waals surface area (Å²) in [5, 5.41) is 6.52. The summed E-state index contributed by atoms with van der Waals surface area (Å²) in [6, 6.07) is 0. The van der Waals surface area contributed by atoms with Crippen molar-refractivity contribution in [2.24, 2.45) is 11.0 Å². The summed E-state index contributed by atoms with van der Waals surface area (Å²) in [5.41, 5.74) is 1.34. The molecule has 4 heteroatoms. The van der Waals surface area contributed by atoms with Crippen LogP contribution in [0, 0.1) is 5.92 Å². The molecule has 0 aliphatic carbocycles. The van der Waals surface area contributed by atoms with Gasteiger partial charge in [-0.15, -0.1) is 0 Å². The average molecular weight is 354 g/mol. The van der Waals surface area contributed by atoms with Gasteiger partial charge < -0.3 is 5.01 Å². The second-order valence-electron chi connectivity index (χ2n) is 5.76. The van der Waals surface area contributed by atoms with Crippen molar-refractivity contribution in [1.29, 1.82) is 0 Å². The molecule has 0 aromatic carbocycles. The standard InChI is InChI=1S/C12H27IN2Si/c1-8-11(14-15(3)4)10(2)9-12(13)16(5,6)7/h10,12H,8-9H2,1-7H3/b14-11-. The number of alkyl halides is 1. The first-order valence-electron chi connectivity index (χ1n) is 6.07. The molecular formula is C12H27IN2Si. The Balaban J connectivity index is 4.49. The van der Waals surface area contributed by atoms with E-state index in [9.17, 15) is 0 Å². The Morgan fingerprint density at radius 3 is 2.12 bits per heavy atom. The smallest absolute Gasteiger partial charge is 0.0585 e. The zero-order valence-corrected chi connectivity index (χ0v) is 15.0. The van der Waals surface area contributed by atoms with Crippen LogP contribution in [0.3, 0.4) is 0 Å².